The molecule has 0 atom stereocenters. The molecule has 0 aliphatic carbocycles. The van der Waals surface area contributed by atoms with Gasteiger partial charge in [-0.3, -0.25) is 0 Å². The fraction of sp³-hybridized carbons (Fsp3) is 0.636. The molecule has 0 aliphatic rings. The third-order valence-electron chi connectivity index (χ3n) is 2.30. The van der Waals surface area contributed by atoms with E-state index in [1.807, 2.05) is 19.1 Å². The second-order valence-electron chi connectivity index (χ2n) is 3.70. The van der Waals surface area contributed by atoms with Gasteiger partial charge >= 0.3 is 0 Å². The molecule has 1 aromatic rings. The molecule has 0 aromatic carbocycles. The van der Waals surface area contributed by atoms with Crippen molar-refractivity contribution in [3.63, 3.8) is 0 Å². The summed E-state index contributed by atoms with van der Waals surface area (Å²) in [4.78, 5) is 2.15. The molecule has 0 radical (unpaired) electrons. The molecule has 0 saturated carbocycles. The van der Waals surface area contributed by atoms with Crippen LogP contribution in [0.1, 0.15) is 25.0 Å². The predicted molar refractivity (Wildman–Crippen MR) is 67.7 cm³/mol. The van der Waals surface area contributed by atoms with E-state index >= 15 is 0 Å². The zero-order chi connectivity index (χ0) is 11.1. The van der Waals surface area contributed by atoms with Crippen LogP contribution in [-0.2, 0) is 0 Å². The molecule has 0 N–H and O–H groups in total. The molecule has 84 valence electrons. The summed E-state index contributed by atoms with van der Waals surface area (Å²) in [5.74, 6) is 0.958. The molecule has 4 heteroatoms. The maximum atomic E-state index is 4.14. The molecular formula is C11H18BrN3. The minimum Gasteiger partial charge on any atom is -0.358 e. The Hall–Kier alpha value is -0.640. The molecule has 0 aliphatic heterocycles. The van der Waals surface area contributed by atoms with Crippen LogP contribution in [0.4, 0.5) is 5.82 Å². The van der Waals surface area contributed by atoms with E-state index in [0.717, 1.165) is 23.4 Å². The summed E-state index contributed by atoms with van der Waals surface area (Å²) in [6.07, 6.45) is 3.71. The van der Waals surface area contributed by atoms with Crippen LogP contribution in [0.5, 0.6) is 0 Å². The van der Waals surface area contributed by atoms with Gasteiger partial charge in [-0.05, 0) is 31.9 Å². The SMILES string of the molecule is Cc1ccc(N(C)CCCCCBr)nn1. The van der Waals surface area contributed by atoms with Crippen LogP contribution in [0.2, 0.25) is 0 Å². The monoisotopic (exact) mass is 271 g/mol. The van der Waals surface area contributed by atoms with Gasteiger partial charge in [-0.1, -0.05) is 22.4 Å². The molecule has 3 nitrogen and oxygen atoms in total. The lowest BCUT2D eigenvalue weighted by molar-refractivity contribution is 0.703. The van der Waals surface area contributed by atoms with Crippen LogP contribution >= 0.6 is 15.9 Å². The highest BCUT2D eigenvalue weighted by Crippen LogP contribution is 2.08. The lowest BCUT2D eigenvalue weighted by atomic mass is 10.2. The van der Waals surface area contributed by atoms with Gasteiger partial charge in [0.05, 0.1) is 5.69 Å². The van der Waals surface area contributed by atoms with Crippen LogP contribution in [0.25, 0.3) is 0 Å². The smallest absolute Gasteiger partial charge is 0.150 e. The number of hydrogen-bond acceptors (Lipinski definition) is 3. The van der Waals surface area contributed by atoms with E-state index < -0.39 is 0 Å². The number of rotatable bonds is 6. The van der Waals surface area contributed by atoms with Gasteiger partial charge in [-0.2, -0.15) is 5.10 Å². The summed E-state index contributed by atoms with van der Waals surface area (Å²) in [6, 6.07) is 4.02. The van der Waals surface area contributed by atoms with Gasteiger partial charge in [0.15, 0.2) is 5.82 Å². The Morgan fingerprint density at radius 1 is 1.20 bits per heavy atom. The van der Waals surface area contributed by atoms with Crippen LogP contribution < -0.4 is 4.90 Å². The highest BCUT2D eigenvalue weighted by Gasteiger charge is 2.01. The number of hydrogen-bond donors (Lipinski definition) is 0. The van der Waals surface area contributed by atoms with E-state index in [1.54, 1.807) is 0 Å². The third-order valence-corrected chi connectivity index (χ3v) is 2.86. The first-order valence-corrected chi connectivity index (χ1v) is 6.43. The zero-order valence-electron chi connectivity index (χ0n) is 9.41. The quantitative estimate of drug-likeness (QED) is 0.589. The molecule has 15 heavy (non-hydrogen) atoms. The Balaban J connectivity index is 2.33. The number of nitrogens with zero attached hydrogens (tertiary/aromatic N) is 3. The molecule has 0 saturated heterocycles. The van der Waals surface area contributed by atoms with E-state index in [9.17, 15) is 0 Å². The summed E-state index contributed by atoms with van der Waals surface area (Å²) >= 11 is 3.43. The fourth-order valence-electron chi connectivity index (χ4n) is 1.33. The van der Waals surface area contributed by atoms with Crippen molar-refractivity contribution in [2.24, 2.45) is 0 Å². The first-order valence-electron chi connectivity index (χ1n) is 5.31. The van der Waals surface area contributed by atoms with E-state index in [-0.39, 0.29) is 0 Å². The van der Waals surface area contributed by atoms with Gasteiger partial charge < -0.3 is 4.90 Å². The molecule has 0 fully saturated rings. The van der Waals surface area contributed by atoms with Crippen molar-refractivity contribution >= 4 is 21.7 Å². The first-order chi connectivity index (χ1) is 7.24. The molecule has 0 unspecified atom stereocenters. The topological polar surface area (TPSA) is 29.0 Å². The molecule has 1 rings (SSSR count). The average molecular weight is 272 g/mol. The molecule has 1 heterocycles. The van der Waals surface area contributed by atoms with Crippen molar-refractivity contribution in [3.05, 3.63) is 17.8 Å². The second-order valence-corrected chi connectivity index (χ2v) is 4.50. The number of aromatic nitrogens is 2. The van der Waals surface area contributed by atoms with Gasteiger partial charge in [-0.15, -0.1) is 5.10 Å². The zero-order valence-corrected chi connectivity index (χ0v) is 11.0. The Morgan fingerprint density at radius 2 is 2.00 bits per heavy atom. The molecule has 0 amide bonds. The lowest BCUT2D eigenvalue weighted by Crippen LogP contribution is -2.20. The van der Waals surface area contributed by atoms with Gasteiger partial charge in [0.2, 0.25) is 0 Å². The standard InChI is InChI=1S/C11H18BrN3/c1-10-6-7-11(14-13-10)15(2)9-5-3-4-8-12/h6-7H,3-5,8-9H2,1-2H3. The Morgan fingerprint density at radius 3 is 2.60 bits per heavy atom. The van der Waals surface area contributed by atoms with Crippen molar-refractivity contribution in [2.45, 2.75) is 26.2 Å². The van der Waals surface area contributed by atoms with E-state index in [4.69, 9.17) is 0 Å². The number of aryl methyl sites for hydroxylation is 1. The Kier molecular flexibility index (Phi) is 5.61. The van der Waals surface area contributed by atoms with Crippen molar-refractivity contribution in [1.29, 1.82) is 0 Å². The normalized spacial score (nSPS) is 10.3. The predicted octanol–water partition coefficient (Wildman–Crippen LogP) is 2.79. The lowest BCUT2D eigenvalue weighted by Gasteiger charge is -2.17. The number of alkyl halides is 1. The van der Waals surface area contributed by atoms with Crippen molar-refractivity contribution in [3.8, 4) is 0 Å². The van der Waals surface area contributed by atoms with Gasteiger partial charge in [-0.25, -0.2) is 0 Å². The maximum absolute atomic E-state index is 4.14. The highest BCUT2D eigenvalue weighted by molar-refractivity contribution is 9.09. The minimum absolute atomic E-state index is 0.958. The van der Waals surface area contributed by atoms with Crippen LogP contribution in [0.3, 0.4) is 0 Å². The molecule has 0 spiro atoms. The highest BCUT2D eigenvalue weighted by atomic mass is 79.9. The van der Waals surface area contributed by atoms with Crippen LogP contribution in [-0.4, -0.2) is 29.1 Å². The van der Waals surface area contributed by atoms with Crippen LogP contribution in [0.15, 0.2) is 12.1 Å². The summed E-state index contributed by atoms with van der Waals surface area (Å²) < 4.78 is 0. The fourth-order valence-corrected chi connectivity index (χ4v) is 1.73. The van der Waals surface area contributed by atoms with Gasteiger partial charge in [0.1, 0.15) is 0 Å². The Bertz CT molecular complexity index is 274. The van der Waals surface area contributed by atoms with E-state index in [2.05, 4.69) is 38.1 Å². The average Bonchev–Trinajstić information content (AvgIpc) is 2.25. The third kappa shape index (κ3) is 4.60. The van der Waals surface area contributed by atoms with Crippen molar-refractivity contribution < 1.29 is 0 Å². The summed E-state index contributed by atoms with van der Waals surface area (Å²) in [6.45, 7) is 3.00. The summed E-state index contributed by atoms with van der Waals surface area (Å²) in [5, 5.41) is 9.29. The molecule has 1 aromatic heterocycles. The van der Waals surface area contributed by atoms with Gasteiger partial charge in [0.25, 0.3) is 0 Å². The number of anilines is 1. The first kappa shape index (κ1) is 12.4. The van der Waals surface area contributed by atoms with Gasteiger partial charge in [0, 0.05) is 18.9 Å². The number of halogens is 1. The number of unbranched alkanes of at least 4 members (excludes halogenated alkanes) is 2. The molecular weight excluding hydrogens is 254 g/mol. The van der Waals surface area contributed by atoms with Crippen molar-refractivity contribution in [2.75, 3.05) is 23.8 Å². The molecule has 0 bridgehead atoms. The minimum atomic E-state index is 0.958. The van der Waals surface area contributed by atoms with Crippen molar-refractivity contribution in [1.82, 2.24) is 10.2 Å². The summed E-state index contributed by atoms with van der Waals surface area (Å²) in [7, 11) is 2.06. The maximum Gasteiger partial charge on any atom is 0.150 e. The second kappa shape index (κ2) is 6.77. The van der Waals surface area contributed by atoms with E-state index in [1.165, 1.54) is 19.3 Å². The Labute approximate surface area is 100 Å². The summed E-state index contributed by atoms with van der Waals surface area (Å²) in [5.41, 5.74) is 0.964. The largest absolute Gasteiger partial charge is 0.358 e. The van der Waals surface area contributed by atoms with E-state index in [0.29, 0.717) is 0 Å². The van der Waals surface area contributed by atoms with Crippen LogP contribution in [0, 0.1) is 6.92 Å².